The quantitative estimate of drug-likeness (QED) is 0.645. The first-order chi connectivity index (χ1) is 9.08. The molecule has 0 amide bonds. The molecule has 0 fully saturated rings. The van der Waals surface area contributed by atoms with Gasteiger partial charge in [0.1, 0.15) is 5.75 Å². The predicted octanol–water partition coefficient (Wildman–Crippen LogP) is 1.71. The summed E-state index contributed by atoms with van der Waals surface area (Å²) in [6.07, 6.45) is 1.37. The molecule has 0 atom stereocenters. The number of carboxylic acids is 1. The highest BCUT2D eigenvalue weighted by molar-refractivity contribution is 5.71. The Kier molecular flexibility index (Phi) is 3.42. The SMILES string of the molecule is O=C(O)COc1ccc([N+](=O)[O-])cc1-c1ccno1. The van der Waals surface area contributed by atoms with E-state index < -0.39 is 17.5 Å². The molecule has 1 aromatic carbocycles. The van der Waals surface area contributed by atoms with E-state index in [2.05, 4.69) is 5.16 Å². The number of nitrogens with zero attached hydrogens (tertiary/aromatic N) is 2. The van der Waals surface area contributed by atoms with E-state index in [-0.39, 0.29) is 22.8 Å². The molecule has 0 saturated heterocycles. The minimum atomic E-state index is -1.15. The Morgan fingerprint density at radius 2 is 2.26 bits per heavy atom. The molecule has 0 radical (unpaired) electrons. The summed E-state index contributed by atoms with van der Waals surface area (Å²) in [7, 11) is 0. The monoisotopic (exact) mass is 264 g/mol. The molecule has 8 nitrogen and oxygen atoms in total. The molecule has 0 aliphatic rings. The fourth-order valence-corrected chi connectivity index (χ4v) is 1.44. The van der Waals surface area contributed by atoms with Crippen molar-refractivity contribution < 1.29 is 24.1 Å². The van der Waals surface area contributed by atoms with Crippen molar-refractivity contribution in [2.24, 2.45) is 0 Å². The van der Waals surface area contributed by atoms with E-state index in [9.17, 15) is 14.9 Å². The van der Waals surface area contributed by atoms with Gasteiger partial charge in [0.15, 0.2) is 12.4 Å². The van der Waals surface area contributed by atoms with Crippen molar-refractivity contribution in [2.75, 3.05) is 6.61 Å². The predicted molar refractivity (Wildman–Crippen MR) is 61.7 cm³/mol. The topological polar surface area (TPSA) is 116 Å². The van der Waals surface area contributed by atoms with Crippen LogP contribution in [0, 0.1) is 10.1 Å². The van der Waals surface area contributed by atoms with Gasteiger partial charge in [0.05, 0.1) is 16.7 Å². The molecule has 1 N–H and O–H groups in total. The maximum atomic E-state index is 10.7. The Morgan fingerprint density at radius 1 is 1.47 bits per heavy atom. The summed E-state index contributed by atoms with van der Waals surface area (Å²) < 4.78 is 9.95. The second-order valence-electron chi connectivity index (χ2n) is 3.50. The third kappa shape index (κ3) is 2.86. The minimum absolute atomic E-state index is 0.158. The molecular weight excluding hydrogens is 256 g/mol. The molecule has 19 heavy (non-hydrogen) atoms. The van der Waals surface area contributed by atoms with E-state index >= 15 is 0 Å². The average Bonchev–Trinajstić information content (AvgIpc) is 2.89. The van der Waals surface area contributed by atoms with Crippen LogP contribution in [-0.4, -0.2) is 27.8 Å². The first-order valence-corrected chi connectivity index (χ1v) is 5.12. The highest BCUT2D eigenvalue weighted by Gasteiger charge is 2.16. The Hall–Kier alpha value is -2.90. The number of rotatable bonds is 5. The molecule has 2 aromatic rings. The molecule has 1 heterocycles. The van der Waals surface area contributed by atoms with Gasteiger partial charge < -0.3 is 14.4 Å². The summed E-state index contributed by atoms with van der Waals surface area (Å²) >= 11 is 0. The summed E-state index contributed by atoms with van der Waals surface area (Å²) in [4.78, 5) is 20.6. The van der Waals surface area contributed by atoms with Crippen molar-refractivity contribution >= 4 is 11.7 Å². The lowest BCUT2D eigenvalue weighted by molar-refractivity contribution is -0.384. The van der Waals surface area contributed by atoms with Gasteiger partial charge in [0, 0.05) is 18.2 Å². The molecule has 0 aliphatic heterocycles. The minimum Gasteiger partial charge on any atom is -0.481 e. The molecule has 98 valence electrons. The van der Waals surface area contributed by atoms with Gasteiger partial charge >= 0.3 is 5.97 Å². The molecular formula is C11H8N2O6. The Balaban J connectivity index is 2.42. The van der Waals surface area contributed by atoms with E-state index in [1.54, 1.807) is 0 Å². The third-order valence-corrected chi connectivity index (χ3v) is 2.23. The number of hydrogen-bond acceptors (Lipinski definition) is 6. The van der Waals surface area contributed by atoms with Crippen molar-refractivity contribution in [3.63, 3.8) is 0 Å². The van der Waals surface area contributed by atoms with Gasteiger partial charge in [-0.1, -0.05) is 5.16 Å². The lowest BCUT2D eigenvalue weighted by Crippen LogP contribution is -2.10. The lowest BCUT2D eigenvalue weighted by Gasteiger charge is -2.07. The van der Waals surface area contributed by atoms with Gasteiger partial charge in [0.25, 0.3) is 5.69 Å². The molecule has 0 spiro atoms. The van der Waals surface area contributed by atoms with Crippen LogP contribution in [0.2, 0.25) is 0 Å². The number of aromatic nitrogens is 1. The number of nitro benzene ring substituents is 1. The van der Waals surface area contributed by atoms with Crippen molar-refractivity contribution in [1.82, 2.24) is 5.16 Å². The second kappa shape index (κ2) is 5.17. The maximum Gasteiger partial charge on any atom is 0.341 e. The first kappa shape index (κ1) is 12.6. The Bertz CT molecular complexity index is 608. The van der Waals surface area contributed by atoms with Gasteiger partial charge in [-0.25, -0.2) is 4.79 Å². The number of ether oxygens (including phenoxy) is 1. The highest BCUT2D eigenvalue weighted by Crippen LogP contribution is 2.33. The average molecular weight is 264 g/mol. The maximum absolute atomic E-state index is 10.7. The van der Waals surface area contributed by atoms with Crippen LogP contribution in [-0.2, 0) is 4.79 Å². The molecule has 0 aliphatic carbocycles. The van der Waals surface area contributed by atoms with Gasteiger partial charge in [-0.3, -0.25) is 10.1 Å². The number of hydrogen-bond donors (Lipinski definition) is 1. The lowest BCUT2D eigenvalue weighted by atomic mass is 10.1. The summed E-state index contributed by atoms with van der Waals surface area (Å²) in [5, 5.41) is 22.8. The van der Waals surface area contributed by atoms with Crippen LogP contribution < -0.4 is 4.74 Å². The molecule has 0 bridgehead atoms. The van der Waals surface area contributed by atoms with Crippen LogP contribution in [0.15, 0.2) is 35.0 Å². The fraction of sp³-hybridized carbons (Fsp3) is 0.0909. The molecule has 0 unspecified atom stereocenters. The van der Waals surface area contributed by atoms with E-state index in [4.69, 9.17) is 14.4 Å². The third-order valence-electron chi connectivity index (χ3n) is 2.23. The van der Waals surface area contributed by atoms with Crippen LogP contribution in [0.25, 0.3) is 11.3 Å². The second-order valence-corrected chi connectivity index (χ2v) is 3.50. The summed E-state index contributed by atoms with van der Waals surface area (Å²) in [5.41, 5.74) is 0.113. The van der Waals surface area contributed by atoms with E-state index in [1.807, 2.05) is 0 Å². The zero-order valence-corrected chi connectivity index (χ0v) is 9.48. The van der Waals surface area contributed by atoms with Crippen LogP contribution in [0.4, 0.5) is 5.69 Å². The standard InChI is InChI=1S/C11H8N2O6/c14-11(15)6-18-9-2-1-7(13(16)17)5-8(9)10-3-4-12-19-10/h1-5H,6H2,(H,14,15). The van der Waals surface area contributed by atoms with Crippen molar-refractivity contribution in [3.8, 4) is 17.1 Å². The number of carboxylic acid groups (broad SMARTS) is 1. The zero-order chi connectivity index (χ0) is 13.8. The Labute approximate surface area is 106 Å². The number of benzene rings is 1. The smallest absolute Gasteiger partial charge is 0.341 e. The molecule has 0 saturated carbocycles. The first-order valence-electron chi connectivity index (χ1n) is 5.12. The summed E-state index contributed by atoms with van der Waals surface area (Å²) in [5.74, 6) is -0.726. The van der Waals surface area contributed by atoms with Gasteiger partial charge in [0.2, 0.25) is 0 Å². The normalized spacial score (nSPS) is 10.1. The number of aliphatic carboxylic acids is 1. The van der Waals surface area contributed by atoms with Gasteiger partial charge in [-0.05, 0) is 6.07 Å². The van der Waals surface area contributed by atoms with Gasteiger partial charge in [-0.2, -0.15) is 0 Å². The van der Waals surface area contributed by atoms with E-state index in [1.165, 1.54) is 30.5 Å². The molecule has 1 aromatic heterocycles. The molecule has 2 rings (SSSR count). The fourth-order valence-electron chi connectivity index (χ4n) is 1.44. The van der Waals surface area contributed by atoms with E-state index in [0.717, 1.165) is 0 Å². The van der Waals surface area contributed by atoms with E-state index in [0.29, 0.717) is 0 Å². The van der Waals surface area contributed by atoms with Crippen molar-refractivity contribution in [3.05, 3.63) is 40.6 Å². The molecule has 8 heteroatoms. The highest BCUT2D eigenvalue weighted by atomic mass is 16.6. The number of carbonyl (C=O) groups is 1. The van der Waals surface area contributed by atoms with Gasteiger partial charge in [-0.15, -0.1) is 0 Å². The number of non-ortho nitro benzene ring substituents is 1. The summed E-state index contributed by atoms with van der Waals surface area (Å²) in [6, 6.07) is 5.26. The summed E-state index contributed by atoms with van der Waals surface area (Å²) in [6.45, 7) is -0.557. The van der Waals surface area contributed by atoms with Crippen molar-refractivity contribution in [1.29, 1.82) is 0 Å². The van der Waals surface area contributed by atoms with Crippen LogP contribution in [0.5, 0.6) is 5.75 Å². The zero-order valence-electron chi connectivity index (χ0n) is 9.48. The Morgan fingerprint density at radius 3 is 2.84 bits per heavy atom. The van der Waals surface area contributed by atoms with Crippen LogP contribution >= 0.6 is 0 Å². The van der Waals surface area contributed by atoms with Crippen LogP contribution in [0.1, 0.15) is 0 Å². The largest absolute Gasteiger partial charge is 0.481 e. The number of nitro groups is 1. The van der Waals surface area contributed by atoms with Crippen molar-refractivity contribution in [2.45, 2.75) is 0 Å². The van der Waals surface area contributed by atoms with Crippen LogP contribution in [0.3, 0.4) is 0 Å².